The van der Waals surface area contributed by atoms with Gasteiger partial charge < -0.3 is 14.4 Å². The smallest absolute Gasteiger partial charge is 0.338 e. The highest BCUT2D eigenvalue weighted by Gasteiger charge is 2.34. The number of rotatable bonds is 4. The van der Waals surface area contributed by atoms with Crippen molar-refractivity contribution in [2.75, 3.05) is 13.6 Å². The van der Waals surface area contributed by atoms with Crippen LogP contribution in [0.3, 0.4) is 0 Å². The lowest BCUT2D eigenvalue weighted by Crippen LogP contribution is -2.28. The first-order valence-electron chi connectivity index (χ1n) is 5.56. The molecule has 92 valence electrons. The van der Waals surface area contributed by atoms with Crippen LogP contribution in [0.25, 0.3) is 0 Å². The van der Waals surface area contributed by atoms with Crippen molar-refractivity contribution in [3.63, 3.8) is 0 Å². The molecule has 1 aliphatic rings. The summed E-state index contributed by atoms with van der Waals surface area (Å²) in [6.07, 6.45) is 2.24. The number of carbonyl (C=O) groups is 2. The molecule has 0 bridgehead atoms. The van der Waals surface area contributed by atoms with E-state index < -0.39 is 5.97 Å². The van der Waals surface area contributed by atoms with Crippen LogP contribution in [0.5, 0.6) is 0 Å². The Hall–Kier alpha value is -1.78. The van der Waals surface area contributed by atoms with Gasteiger partial charge in [-0.15, -0.1) is 0 Å². The molecule has 1 amide bonds. The zero-order valence-electron chi connectivity index (χ0n) is 9.84. The predicted molar refractivity (Wildman–Crippen MR) is 59.9 cm³/mol. The van der Waals surface area contributed by atoms with Gasteiger partial charge in [0.05, 0.1) is 5.56 Å². The van der Waals surface area contributed by atoms with Crippen LogP contribution in [0.1, 0.15) is 34.3 Å². The largest absolute Gasteiger partial charge is 0.478 e. The van der Waals surface area contributed by atoms with E-state index in [9.17, 15) is 9.59 Å². The molecule has 0 aromatic carbocycles. The molecule has 0 radical (unpaired) electrons. The summed E-state index contributed by atoms with van der Waals surface area (Å²) in [7, 11) is 1.70. The molecule has 1 N–H and O–H groups in total. The maximum absolute atomic E-state index is 11.9. The van der Waals surface area contributed by atoms with E-state index in [1.165, 1.54) is 6.07 Å². The molecule has 1 heterocycles. The van der Waals surface area contributed by atoms with Crippen molar-refractivity contribution in [3.8, 4) is 0 Å². The van der Waals surface area contributed by atoms with E-state index >= 15 is 0 Å². The monoisotopic (exact) mass is 237 g/mol. The number of amides is 1. The number of hydrogen-bond acceptors (Lipinski definition) is 3. The van der Waals surface area contributed by atoms with Gasteiger partial charge in [-0.05, 0) is 18.3 Å². The molecular formula is C12H15NO4. The summed E-state index contributed by atoms with van der Waals surface area (Å²) in [5.41, 5.74) is 0.00143. The second-order valence-electron chi connectivity index (χ2n) is 4.66. The van der Waals surface area contributed by atoms with Crippen LogP contribution in [0.2, 0.25) is 0 Å². The molecule has 1 saturated carbocycles. The van der Waals surface area contributed by atoms with E-state index in [0.29, 0.717) is 18.4 Å². The van der Waals surface area contributed by atoms with Crippen molar-refractivity contribution in [1.82, 2.24) is 4.90 Å². The van der Waals surface area contributed by atoms with Crippen LogP contribution in [0, 0.1) is 11.8 Å². The fourth-order valence-corrected chi connectivity index (χ4v) is 1.84. The highest BCUT2D eigenvalue weighted by atomic mass is 16.4. The zero-order chi connectivity index (χ0) is 12.6. The molecule has 1 aromatic heterocycles. The van der Waals surface area contributed by atoms with Gasteiger partial charge in [0, 0.05) is 19.7 Å². The number of aromatic carboxylic acids is 1. The molecule has 2 atom stereocenters. The number of nitrogens with zero attached hydrogens (tertiary/aromatic N) is 1. The lowest BCUT2D eigenvalue weighted by atomic mass is 10.2. The average molecular weight is 237 g/mol. The third-order valence-electron chi connectivity index (χ3n) is 3.19. The number of hydrogen-bond donors (Lipinski definition) is 1. The highest BCUT2D eigenvalue weighted by Crippen LogP contribution is 2.38. The highest BCUT2D eigenvalue weighted by molar-refractivity contribution is 5.95. The van der Waals surface area contributed by atoms with Gasteiger partial charge in [0.25, 0.3) is 5.91 Å². The Morgan fingerprint density at radius 2 is 2.24 bits per heavy atom. The number of furan rings is 1. The van der Waals surface area contributed by atoms with Crippen LogP contribution in [-0.4, -0.2) is 35.5 Å². The molecule has 1 aliphatic carbocycles. The van der Waals surface area contributed by atoms with Crippen molar-refractivity contribution in [2.24, 2.45) is 11.8 Å². The molecule has 17 heavy (non-hydrogen) atoms. The molecule has 2 unspecified atom stereocenters. The standard InChI is InChI=1S/C12H15NO4/c1-7-3-8(7)5-13(2)11(14)10-4-9(6-17-10)12(15)16/h4,6-8H,3,5H2,1-2H3,(H,15,16). The van der Waals surface area contributed by atoms with Gasteiger partial charge in [-0.3, -0.25) is 4.79 Å². The Bertz CT molecular complexity index is 451. The molecular weight excluding hydrogens is 222 g/mol. The number of carboxylic acids is 1. The van der Waals surface area contributed by atoms with Crippen LogP contribution < -0.4 is 0 Å². The van der Waals surface area contributed by atoms with E-state index in [2.05, 4.69) is 6.92 Å². The molecule has 5 nitrogen and oxygen atoms in total. The van der Waals surface area contributed by atoms with E-state index in [1.807, 2.05) is 0 Å². The average Bonchev–Trinajstić information content (AvgIpc) is 2.82. The van der Waals surface area contributed by atoms with Gasteiger partial charge in [0.1, 0.15) is 6.26 Å². The first kappa shape index (κ1) is 11.7. The predicted octanol–water partition coefficient (Wildman–Crippen LogP) is 1.71. The van der Waals surface area contributed by atoms with E-state index in [4.69, 9.17) is 9.52 Å². The summed E-state index contributed by atoms with van der Waals surface area (Å²) in [6, 6.07) is 1.26. The van der Waals surface area contributed by atoms with Gasteiger partial charge >= 0.3 is 5.97 Å². The fraction of sp³-hybridized carbons (Fsp3) is 0.500. The summed E-state index contributed by atoms with van der Waals surface area (Å²) in [5.74, 6) is -0.0321. The van der Waals surface area contributed by atoms with Crippen LogP contribution in [0.4, 0.5) is 0 Å². The van der Waals surface area contributed by atoms with Gasteiger partial charge in [-0.2, -0.15) is 0 Å². The SMILES string of the molecule is CC1CC1CN(C)C(=O)c1cc(C(=O)O)co1. The molecule has 0 spiro atoms. The molecule has 0 saturated heterocycles. The Morgan fingerprint density at radius 1 is 1.59 bits per heavy atom. The lowest BCUT2D eigenvalue weighted by molar-refractivity contribution is 0.0695. The second-order valence-corrected chi connectivity index (χ2v) is 4.66. The van der Waals surface area contributed by atoms with Gasteiger partial charge in [-0.1, -0.05) is 6.92 Å². The number of carbonyl (C=O) groups excluding carboxylic acids is 1. The number of carboxylic acid groups (broad SMARTS) is 1. The Morgan fingerprint density at radius 3 is 2.71 bits per heavy atom. The van der Waals surface area contributed by atoms with Crippen LogP contribution >= 0.6 is 0 Å². The normalized spacial score (nSPS) is 22.2. The first-order valence-corrected chi connectivity index (χ1v) is 5.56. The maximum Gasteiger partial charge on any atom is 0.338 e. The third kappa shape index (κ3) is 2.49. The topological polar surface area (TPSA) is 70.8 Å². The molecule has 2 rings (SSSR count). The minimum absolute atomic E-state index is 0.00143. The Kier molecular flexibility index (Phi) is 2.92. The minimum Gasteiger partial charge on any atom is -0.478 e. The Balaban J connectivity index is 2.00. The fourth-order valence-electron chi connectivity index (χ4n) is 1.84. The van der Waals surface area contributed by atoms with Gasteiger partial charge in [0.2, 0.25) is 0 Å². The van der Waals surface area contributed by atoms with Gasteiger partial charge in [-0.25, -0.2) is 4.79 Å². The second kappa shape index (κ2) is 4.24. The third-order valence-corrected chi connectivity index (χ3v) is 3.19. The van der Waals surface area contributed by atoms with Crippen molar-refractivity contribution >= 4 is 11.9 Å². The molecule has 5 heteroatoms. The van der Waals surface area contributed by atoms with E-state index in [1.54, 1.807) is 11.9 Å². The maximum atomic E-state index is 11.9. The summed E-state index contributed by atoms with van der Waals surface area (Å²) in [6.45, 7) is 2.85. The summed E-state index contributed by atoms with van der Waals surface area (Å²) in [4.78, 5) is 24.1. The van der Waals surface area contributed by atoms with Crippen LogP contribution in [-0.2, 0) is 0 Å². The quantitative estimate of drug-likeness (QED) is 0.865. The van der Waals surface area contributed by atoms with E-state index in [0.717, 1.165) is 12.7 Å². The van der Waals surface area contributed by atoms with Crippen molar-refractivity contribution in [2.45, 2.75) is 13.3 Å². The first-order chi connectivity index (χ1) is 7.99. The van der Waals surface area contributed by atoms with Crippen molar-refractivity contribution in [1.29, 1.82) is 0 Å². The summed E-state index contributed by atoms with van der Waals surface area (Å²) < 4.78 is 4.97. The minimum atomic E-state index is -1.09. The van der Waals surface area contributed by atoms with Crippen LogP contribution in [0.15, 0.2) is 16.7 Å². The van der Waals surface area contributed by atoms with Crippen molar-refractivity contribution in [3.05, 3.63) is 23.7 Å². The van der Waals surface area contributed by atoms with Crippen molar-refractivity contribution < 1.29 is 19.1 Å². The summed E-state index contributed by atoms with van der Waals surface area (Å²) >= 11 is 0. The zero-order valence-corrected chi connectivity index (χ0v) is 9.84. The molecule has 1 fully saturated rings. The van der Waals surface area contributed by atoms with E-state index in [-0.39, 0.29) is 17.2 Å². The summed E-state index contributed by atoms with van der Waals surface area (Å²) in [5, 5.41) is 8.72. The lowest BCUT2D eigenvalue weighted by Gasteiger charge is -2.15. The molecule has 1 aromatic rings. The Labute approximate surface area is 99.0 Å². The molecule has 0 aliphatic heterocycles. The van der Waals surface area contributed by atoms with Gasteiger partial charge in [0.15, 0.2) is 5.76 Å².